The lowest BCUT2D eigenvalue weighted by molar-refractivity contribution is -0.383. The molecule has 0 aliphatic rings. The number of hydrogen-bond donors (Lipinski definition) is 2. The minimum atomic E-state index is -1.02. The molecule has 0 saturated carbocycles. The van der Waals surface area contributed by atoms with Gasteiger partial charge in [-0.25, -0.2) is 0 Å². The predicted molar refractivity (Wildman–Crippen MR) is 68.8 cm³/mol. The Morgan fingerprint density at radius 3 is 2.78 bits per heavy atom. The molecule has 0 aliphatic heterocycles. The number of benzene rings is 1. The Hall–Kier alpha value is -1.76. The van der Waals surface area contributed by atoms with E-state index in [9.17, 15) is 14.9 Å². The number of nitro groups is 1. The second-order valence-corrected chi connectivity index (χ2v) is 4.17. The van der Waals surface area contributed by atoms with Crippen LogP contribution in [0.25, 0.3) is 0 Å². The molecule has 2 N–H and O–H groups in total. The van der Waals surface area contributed by atoms with Crippen LogP contribution in [0.5, 0.6) is 0 Å². The van der Waals surface area contributed by atoms with E-state index in [-0.39, 0.29) is 28.3 Å². The Morgan fingerprint density at radius 1 is 1.67 bits per heavy atom. The van der Waals surface area contributed by atoms with E-state index in [1.54, 1.807) is 6.92 Å². The summed E-state index contributed by atoms with van der Waals surface area (Å²) >= 11 is 5.73. The van der Waals surface area contributed by atoms with E-state index in [4.69, 9.17) is 24.6 Å². The van der Waals surface area contributed by atoms with Gasteiger partial charge in [0.2, 0.25) is 0 Å². The number of aliphatic carboxylic acids is 1. The van der Waals surface area contributed by atoms with Gasteiger partial charge in [0.1, 0.15) is 18.6 Å². The SMILES string of the molecule is [B]c1ccc(Cl)c([N+](=O)[O-])c1N[C@H](C)CC(=O)O. The molecular weight excluding hydrogens is 258 g/mol. The van der Waals surface area contributed by atoms with E-state index in [0.717, 1.165) is 0 Å². The number of hydrogen-bond acceptors (Lipinski definition) is 4. The third-order valence-electron chi connectivity index (χ3n) is 2.22. The summed E-state index contributed by atoms with van der Waals surface area (Å²) in [5.41, 5.74) is -0.168. The van der Waals surface area contributed by atoms with Gasteiger partial charge in [-0.15, -0.1) is 0 Å². The van der Waals surface area contributed by atoms with Gasteiger partial charge < -0.3 is 10.4 Å². The molecular formula is C10H10BClN2O4. The van der Waals surface area contributed by atoms with Crippen LogP contribution in [0.3, 0.4) is 0 Å². The summed E-state index contributed by atoms with van der Waals surface area (Å²) in [5, 5.41) is 22.2. The van der Waals surface area contributed by atoms with Crippen molar-refractivity contribution in [1.82, 2.24) is 0 Å². The Kier molecular flexibility index (Phi) is 4.55. The maximum Gasteiger partial charge on any atom is 0.310 e. The first kappa shape index (κ1) is 14.3. The smallest absolute Gasteiger partial charge is 0.310 e. The first-order valence-corrected chi connectivity index (χ1v) is 5.41. The van der Waals surface area contributed by atoms with Crippen LogP contribution in [0.1, 0.15) is 13.3 Å². The minimum Gasteiger partial charge on any atom is -0.481 e. The normalized spacial score (nSPS) is 11.9. The summed E-state index contributed by atoms with van der Waals surface area (Å²) in [6.07, 6.45) is -0.191. The zero-order valence-corrected chi connectivity index (χ0v) is 10.3. The molecule has 0 bridgehead atoms. The Morgan fingerprint density at radius 2 is 2.28 bits per heavy atom. The lowest BCUT2D eigenvalue weighted by atomic mass is 9.92. The van der Waals surface area contributed by atoms with E-state index in [2.05, 4.69) is 5.32 Å². The third kappa shape index (κ3) is 3.37. The first-order valence-electron chi connectivity index (χ1n) is 5.03. The number of carboxylic acids is 1. The molecule has 0 aromatic heterocycles. The molecule has 0 spiro atoms. The van der Waals surface area contributed by atoms with Gasteiger partial charge in [-0.05, 0) is 13.0 Å². The van der Waals surface area contributed by atoms with Gasteiger partial charge in [-0.2, -0.15) is 0 Å². The zero-order valence-electron chi connectivity index (χ0n) is 9.51. The molecule has 1 aromatic rings. The van der Waals surface area contributed by atoms with Crippen LogP contribution in [0, 0.1) is 10.1 Å². The maximum atomic E-state index is 10.9. The van der Waals surface area contributed by atoms with Crippen molar-refractivity contribution in [2.75, 3.05) is 5.32 Å². The summed E-state index contributed by atoms with van der Waals surface area (Å²) in [4.78, 5) is 20.8. The van der Waals surface area contributed by atoms with Crippen molar-refractivity contribution in [3.8, 4) is 0 Å². The molecule has 0 heterocycles. The fourth-order valence-electron chi connectivity index (χ4n) is 1.47. The third-order valence-corrected chi connectivity index (χ3v) is 2.52. The molecule has 0 aliphatic carbocycles. The van der Waals surface area contributed by atoms with Crippen molar-refractivity contribution in [3.63, 3.8) is 0 Å². The van der Waals surface area contributed by atoms with Crippen molar-refractivity contribution in [2.24, 2.45) is 0 Å². The van der Waals surface area contributed by atoms with Crippen LogP contribution in [0.4, 0.5) is 11.4 Å². The number of rotatable bonds is 5. The number of carbonyl (C=O) groups is 1. The highest BCUT2D eigenvalue weighted by atomic mass is 35.5. The second kappa shape index (κ2) is 5.73. The van der Waals surface area contributed by atoms with E-state index in [1.807, 2.05) is 0 Å². The lowest BCUT2D eigenvalue weighted by Gasteiger charge is -2.16. The van der Waals surface area contributed by atoms with Gasteiger partial charge in [0, 0.05) is 6.04 Å². The predicted octanol–water partition coefficient (Wildman–Crippen LogP) is 1.32. The fourth-order valence-corrected chi connectivity index (χ4v) is 1.70. The molecule has 18 heavy (non-hydrogen) atoms. The maximum absolute atomic E-state index is 10.9. The minimum absolute atomic E-state index is 0.0428. The van der Waals surface area contributed by atoms with Crippen molar-refractivity contribution in [1.29, 1.82) is 0 Å². The number of nitrogens with zero attached hydrogens (tertiary/aromatic N) is 1. The summed E-state index contributed by atoms with van der Waals surface area (Å²) in [6, 6.07) is 2.23. The van der Waals surface area contributed by atoms with Crippen molar-refractivity contribution in [2.45, 2.75) is 19.4 Å². The Bertz CT molecular complexity index is 495. The van der Waals surface area contributed by atoms with E-state index in [1.165, 1.54) is 12.1 Å². The summed E-state index contributed by atoms with van der Waals surface area (Å²) < 4.78 is 0. The molecule has 0 amide bonds. The largest absolute Gasteiger partial charge is 0.481 e. The molecule has 94 valence electrons. The highest BCUT2D eigenvalue weighted by molar-refractivity contribution is 6.39. The molecule has 8 heteroatoms. The molecule has 1 atom stereocenters. The Labute approximate surface area is 110 Å². The molecule has 1 rings (SSSR count). The number of anilines is 1. The number of nitrogens with one attached hydrogen (secondary N) is 1. The average molecular weight is 268 g/mol. The second-order valence-electron chi connectivity index (χ2n) is 3.76. The summed E-state index contributed by atoms with van der Waals surface area (Å²) in [6.45, 7) is 1.58. The first-order chi connectivity index (χ1) is 8.32. The van der Waals surface area contributed by atoms with Crippen molar-refractivity contribution in [3.05, 3.63) is 27.3 Å². The molecule has 0 fully saturated rings. The van der Waals surface area contributed by atoms with Crippen LogP contribution < -0.4 is 10.8 Å². The zero-order chi connectivity index (χ0) is 13.9. The standard InChI is InChI=1S/C10H10BClN2O4/c1-5(4-8(15)16)13-9-6(11)2-3-7(12)10(9)14(17)18/h2-3,5,13H,4H2,1H3,(H,15,16)/t5-/m1/s1. The molecule has 2 radical (unpaired) electrons. The van der Waals surface area contributed by atoms with Crippen LogP contribution in [0.15, 0.2) is 12.1 Å². The number of carboxylic acid groups (broad SMARTS) is 1. The molecule has 0 saturated heterocycles. The van der Waals surface area contributed by atoms with Gasteiger partial charge in [-0.3, -0.25) is 14.9 Å². The average Bonchev–Trinajstić information content (AvgIpc) is 2.21. The van der Waals surface area contributed by atoms with Gasteiger partial charge in [0.25, 0.3) is 0 Å². The van der Waals surface area contributed by atoms with Crippen LogP contribution in [-0.4, -0.2) is 29.9 Å². The molecule has 6 nitrogen and oxygen atoms in total. The monoisotopic (exact) mass is 268 g/mol. The van der Waals surface area contributed by atoms with E-state index >= 15 is 0 Å². The number of nitro benzene ring substituents is 1. The van der Waals surface area contributed by atoms with Gasteiger partial charge in [-0.1, -0.05) is 23.1 Å². The van der Waals surface area contributed by atoms with Gasteiger partial charge >= 0.3 is 11.7 Å². The van der Waals surface area contributed by atoms with Crippen molar-refractivity contribution < 1.29 is 14.8 Å². The molecule has 1 aromatic carbocycles. The van der Waals surface area contributed by atoms with Crippen LogP contribution >= 0.6 is 11.6 Å². The molecule has 0 unspecified atom stereocenters. The van der Waals surface area contributed by atoms with Gasteiger partial charge in [0.15, 0.2) is 0 Å². The Balaban J connectivity index is 3.10. The van der Waals surface area contributed by atoms with Gasteiger partial charge in [0.05, 0.1) is 11.3 Å². The highest BCUT2D eigenvalue weighted by Gasteiger charge is 2.22. The summed E-state index contributed by atoms with van der Waals surface area (Å²) in [5.74, 6) is -1.02. The van der Waals surface area contributed by atoms with E-state index < -0.39 is 16.9 Å². The van der Waals surface area contributed by atoms with Crippen LogP contribution in [-0.2, 0) is 4.79 Å². The van der Waals surface area contributed by atoms with Crippen LogP contribution in [0.2, 0.25) is 5.02 Å². The fraction of sp³-hybridized carbons (Fsp3) is 0.300. The lowest BCUT2D eigenvalue weighted by Crippen LogP contribution is -2.24. The summed E-state index contributed by atoms with van der Waals surface area (Å²) in [7, 11) is 5.63. The topological polar surface area (TPSA) is 92.5 Å². The van der Waals surface area contributed by atoms with Crippen molar-refractivity contribution >= 4 is 42.3 Å². The quantitative estimate of drug-likeness (QED) is 0.477. The highest BCUT2D eigenvalue weighted by Crippen LogP contribution is 2.31. The van der Waals surface area contributed by atoms with E-state index in [0.29, 0.717) is 0 Å². The number of halogens is 1.